The van der Waals surface area contributed by atoms with Gasteiger partial charge in [-0.3, -0.25) is 14.3 Å². The van der Waals surface area contributed by atoms with Gasteiger partial charge in [-0.05, 0) is 36.4 Å². The molecule has 0 bridgehead atoms. The van der Waals surface area contributed by atoms with Gasteiger partial charge in [0.2, 0.25) is 15.9 Å². The summed E-state index contributed by atoms with van der Waals surface area (Å²) in [6.45, 7) is -0.423. The Balaban J connectivity index is 1.70. The van der Waals surface area contributed by atoms with E-state index in [-0.39, 0.29) is 10.7 Å². The van der Waals surface area contributed by atoms with Crippen LogP contribution < -0.4 is 11.1 Å². The van der Waals surface area contributed by atoms with Crippen molar-refractivity contribution in [1.82, 2.24) is 14.4 Å². The van der Waals surface area contributed by atoms with Crippen LogP contribution in [0.25, 0.3) is 11.4 Å². The highest BCUT2D eigenvalue weighted by molar-refractivity contribution is 7.89. The quantitative estimate of drug-likeness (QED) is 0.616. The first kappa shape index (κ1) is 20.0. The van der Waals surface area contributed by atoms with Gasteiger partial charge in [-0.2, -0.15) is 9.57 Å². The number of likely N-dealkylation sites (N-methyl/N-ethyl adjacent to an activating group) is 1. The number of rotatable bonds is 6. The van der Waals surface area contributed by atoms with E-state index in [4.69, 9.17) is 5.26 Å². The SMILES string of the molecule is CN(CC(=O)Nc1cccc(-c2noc(=O)[nH]2)c1)S(=O)(=O)c1ccc(C#N)cc1. The number of nitriles is 1. The molecule has 0 radical (unpaired) electrons. The van der Waals surface area contributed by atoms with Crippen molar-refractivity contribution < 1.29 is 17.7 Å². The smallest absolute Gasteiger partial charge is 0.325 e. The van der Waals surface area contributed by atoms with Crippen LogP contribution in [0.2, 0.25) is 0 Å². The molecule has 0 aliphatic carbocycles. The molecule has 2 aromatic carbocycles. The van der Waals surface area contributed by atoms with Crippen molar-refractivity contribution in [3.05, 3.63) is 64.6 Å². The van der Waals surface area contributed by atoms with Crippen LogP contribution in [0, 0.1) is 11.3 Å². The minimum absolute atomic E-state index is 0.0243. The third-order valence-corrected chi connectivity index (χ3v) is 5.74. The fourth-order valence-corrected chi connectivity index (χ4v) is 3.59. The number of benzene rings is 2. The van der Waals surface area contributed by atoms with Crippen molar-refractivity contribution in [3.63, 3.8) is 0 Å². The number of hydrogen-bond donors (Lipinski definition) is 2. The molecule has 29 heavy (non-hydrogen) atoms. The molecule has 1 amide bonds. The van der Waals surface area contributed by atoms with Crippen molar-refractivity contribution in [1.29, 1.82) is 5.26 Å². The molecule has 0 saturated heterocycles. The van der Waals surface area contributed by atoms with E-state index in [1.165, 1.54) is 31.3 Å². The predicted molar refractivity (Wildman–Crippen MR) is 102 cm³/mol. The molecule has 0 saturated carbocycles. The molecule has 0 unspecified atom stereocenters. The number of hydrogen-bond acceptors (Lipinski definition) is 7. The van der Waals surface area contributed by atoms with Gasteiger partial charge in [0, 0.05) is 18.3 Å². The summed E-state index contributed by atoms with van der Waals surface area (Å²) in [7, 11) is -2.62. The monoisotopic (exact) mass is 413 g/mol. The third kappa shape index (κ3) is 4.57. The van der Waals surface area contributed by atoms with Gasteiger partial charge in [-0.1, -0.05) is 17.3 Å². The van der Waals surface area contributed by atoms with Gasteiger partial charge in [0.25, 0.3) is 0 Å². The number of carbonyl (C=O) groups is 1. The van der Waals surface area contributed by atoms with E-state index in [9.17, 15) is 18.0 Å². The summed E-state index contributed by atoms with van der Waals surface area (Å²) < 4.78 is 30.5. The molecule has 10 nitrogen and oxygen atoms in total. The van der Waals surface area contributed by atoms with E-state index in [2.05, 4.69) is 20.0 Å². The van der Waals surface area contributed by atoms with Gasteiger partial charge < -0.3 is 5.32 Å². The third-order valence-electron chi connectivity index (χ3n) is 3.92. The molecule has 0 atom stereocenters. The number of sulfonamides is 1. The Kier molecular flexibility index (Phi) is 5.58. The van der Waals surface area contributed by atoms with Gasteiger partial charge in [0.1, 0.15) is 0 Å². The van der Waals surface area contributed by atoms with Crippen molar-refractivity contribution in [2.75, 3.05) is 18.9 Å². The maximum absolute atomic E-state index is 12.6. The van der Waals surface area contributed by atoms with Crippen LogP contribution in [0.5, 0.6) is 0 Å². The minimum atomic E-state index is -3.90. The zero-order valence-corrected chi connectivity index (χ0v) is 15.9. The number of aromatic nitrogens is 2. The van der Waals surface area contributed by atoms with Gasteiger partial charge in [0.05, 0.1) is 23.1 Å². The van der Waals surface area contributed by atoms with Crippen LogP contribution in [0.3, 0.4) is 0 Å². The summed E-state index contributed by atoms with van der Waals surface area (Å²) >= 11 is 0. The zero-order chi connectivity index (χ0) is 21.0. The summed E-state index contributed by atoms with van der Waals surface area (Å²) in [5, 5.41) is 15.0. The first-order valence-electron chi connectivity index (χ1n) is 8.22. The van der Waals surface area contributed by atoms with Crippen LogP contribution in [0.4, 0.5) is 5.69 Å². The largest absolute Gasteiger partial charge is 0.439 e. The highest BCUT2D eigenvalue weighted by Gasteiger charge is 2.23. The topological polar surface area (TPSA) is 149 Å². The molecule has 1 heterocycles. The summed E-state index contributed by atoms with van der Waals surface area (Å²) in [6.07, 6.45) is 0. The molecule has 0 aliphatic rings. The Labute approximate surface area is 165 Å². The highest BCUT2D eigenvalue weighted by Crippen LogP contribution is 2.19. The number of nitrogens with zero attached hydrogens (tertiary/aromatic N) is 3. The molecule has 3 rings (SSSR count). The van der Waals surface area contributed by atoms with E-state index in [0.717, 1.165) is 4.31 Å². The summed E-state index contributed by atoms with van der Waals surface area (Å²) in [5.74, 6) is -1.06. The number of anilines is 1. The van der Waals surface area contributed by atoms with E-state index in [0.29, 0.717) is 16.8 Å². The molecule has 0 spiro atoms. The molecule has 1 aromatic heterocycles. The van der Waals surface area contributed by atoms with Crippen LogP contribution in [-0.2, 0) is 14.8 Å². The van der Waals surface area contributed by atoms with Gasteiger partial charge >= 0.3 is 5.76 Å². The normalized spacial score (nSPS) is 11.2. The van der Waals surface area contributed by atoms with Crippen molar-refractivity contribution >= 4 is 21.6 Å². The Morgan fingerprint density at radius 1 is 1.28 bits per heavy atom. The lowest BCUT2D eigenvalue weighted by atomic mass is 10.2. The standard InChI is InChI=1S/C18H15N5O5S/c1-23(29(26,27)15-7-5-12(10-19)6-8-15)11-16(24)20-14-4-2-3-13(9-14)17-21-18(25)28-22-17/h2-9H,11H2,1H3,(H,20,24)(H,21,22,25). The lowest BCUT2D eigenvalue weighted by Crippen LogP contribution is -2.34. The summed E-state index contributed by atoms with van der Waals surface area (Å²) in [6, 6.07) is 13.8. The number of amides is 1. The number of carbonyl (C=O) groups excluding carboxylic acids is 1. The van der Waals surface area contributed by atoms with Gasteiger partial charge in [-0.15, -0.1) is 0 Å². The molecule has 11 heteroatoms. The number of nitrogens with one attached hydrogen (secondary N) is 2. The Bertz CT molecular complexity index is 1240. The van der Waals surface area contributed by atoms with E-state index < -0.39 is 28.2 Å². The van der Waals surface area contributed by atoms with Crippen LogP contribution >= 0.6 is 0 Å². The summed E-state index contributed by atoms with van der Waals surface area (Å²) in [4.78, 5) is 25.7. The van der Waals surface area contributed by atoms with Gasteiger partial charge in [-0.25, -0.2) is 13.2 Å². The second-order valence-corrected chi connectivity index (χ2v) is 8.01. The van der Waals surface area contributed by atoms with E-state index in [1.54, 1.807) is 24.3 Å². The van der Waals surface area contributed by atoms with Crippen molar-refractivity contribution in [2.45, 2.75) is 4.90 Å². The molecule has 0 aliphatic heterocycles. The van der Waals surface area contributed by atoms with Crippen LogP contribution in [-0.4, -0.2) is 42.4 Å². The first-order valence-corrected chi connectivity index (χ1v) is 9.66. The second-order valence-electron chi connectivity index (χ2n) is 5.97. The average Bonchev–Trinajstić information content (AvgIpc) is 3.14. The average molecular weight is 413 g/mol. The molecular weight excluding hydrogens is 398 g/mol. The zero-order valence-electron chi connectivity index (χ0n) is 15.1. The van der Waals surface area contributed by atoms with E-state index >= 15 is 0 Å². The Morgan fingerprint density at radius 3 is 2.62 bits per heavy atom. The van der Waals surface area contributed by atoms with E-state index in [1.807, 2.05) is 6.07 Å². The molecule has 148 valence electrons. The van der Waals surface area contributed by atoms with Crippen molar-refractivity contribution in [3.8, 4) is 17.5 Å². The van der Waals surface area contributed by atoms with Crippen LogP contribution in [0.1, 0.15) is 5.56 Å². The van der Waals surface area contributed by atoms with Gasteiger partial charge in [0.15, 0.2) is 5.82 Å². The maximum atomic E-state index is 12.6. The summed E-state index contributed by atoms with van der Waals surface area (Å²) in [5.41, 5.74) is 1.23. The minimum Gasteiger partial charge on any atom is -0.325 e. The molecule has 0 fully saturated rings. The fraction of sp³-hybridized carbons (Fsp3) is 0.111. The first-order chi connectivity index (χ1) is 13.8. The maximum Gasteiger partial charge on any atom is 0.439 e. The number of aromatic amines is 1. The Hall–Kier alpha value is -3.75. The predicted octanol–water partition coefficient (Wildman–Crippen LogP) is 1.16. The lowest BCUT2D eigenvalue weighted by molar-refractivity contribution is -0.116. The van der Waals surface area contributed by atoms with Crippen LogP contribution in [0.15, 0.2) is 62.7 Å². The Morgan fingerprint density at radius 2 is 2.00 bits per heavy atom. The highest BCUT2D eigenvalue weighted by atomic mass is 32.2. The fourth-order valence-electron chi connectivity index (χ4n) is 2.47. The lowest BCUT2D eigenvalue weighted by Gasteiger charge is -2.17. The molecule has 3 aromatic rings. The molecular formula is C18H15N5O5S. The number of H-pyrrole nitrogens is 1. The van der Waals surface area contributed by atoms with Crippen molar-refractivity contribution in [2.24, 2.45) is 0 Å². The second kappa shape index (κ2) is 8.09. The molecule has 2 N–H and O–H groups in total.